The minimum Gasteiger partial charge on any atom is -0.443 e. The molecule has 5 heteroatoms. The van der Waals surface area contributed by atoms with E-state index in [2.05, 4.69) is 0 Å². The summed E-state index contributed by atoms with van der Waals surface area (Å²) in [6.45, 7) is 9.17. The van der Waals surface area contributed by atoms with Crippen molar-refractivity contribution >= 4 is 12.0 Å². The van der Waals surface area contributed by atoms with E-state index in [1.165, 1.54) is 0 Å². The summed E-state index contributed by atoms with van der Waals surface area (Å²) >= 11 is 0. The Morgan fingerprint density at radius 1 is 1.47 bits per heavy atom. The third-order valence-electron chi connectivity index (χ3n) is 2.49. The van der Waals surface area contributed by atoms with E-state index in [0.717, 1.165) is 4.90 Å². The van der Waals surface area contributed by atoms with E-state index < -0.39 is 29.7 Å². The smallest absolute Gasteiger partial charge is 0.417 e. The maximum absolute atomic E-state index is 11.8. The first-order valence-electron chi connectivity index (χ1n) is 5.87. The SMILES string of the molecule is CC(C)CC1C(O)C(=O)N1C(=O)OC(C)(C)C. The number of imide groups is 1. The van der Waals surface area contributed by atoms with Crippen LogP contribution in [0, 0.1) is 5.92 Å². The van der Waals surface area contributed by atoms with E-state index in [1.807, 2.05) is 13.8 Å². The molecule has 0 aromatic heterocycles. The quantitative estimate of drug-likeness (QED) is 0.747. The number of likely N-dealkylation sites (tertiary alicyclic amines) is 1. The Morgan fingerprint density at radius 3 is 2.41 bits per heavy atom. The molecule has 0 aromatic carbocycles. The maximum atomic E-state index is 11.8. The van der Waals surface area contributed by atoms with Gasteiger partial charge >= 0.3 is 6.09 Å². The molecule has 1 heterocycles. The second-order valence-corrected chi connectivity index (χ2v) is 5.83. The van der Waals surface area contributed by atoms with Gasteiger partial charge < -0.3 is 9.84 Å². The van der Waals surface area contributed by atoms with Crippen molar-refractivity contribution in [3.8, 4) is 0 Å². The predicted molar refractivity (Wildman–Crippen MR) is 62.3 cm³/mol. The predicted octanol–water partition coefficient (Wildman–Crippen LogP) is 1.54. The second-order valence-electron chi connectivity index (χ2n) is 5.83. The van der Waals surface area contributed by atoms with Crippen molar-refractivity contribution in [1.29, 1.82) is 0 Å². The number of hydrogen-bond donors (Lipinski definition) is 1. The van der Waals surface area contributed by atoms with Crippen LogP contribution >= 0.6 is 0 Å². The molecule has 5 nitrogen and oxygen atoms in total. The molecule has 2 unspecified atom stereocenters. The van der Waals surface area contributed by atoms with Crippen LogP contribution in [0.1, 0.15) is 41.0 Å². The molecule has 0 aliphatic carbocycles. The molecule has 0 bridgehead atoms. The molecule has 2 atom stereocenters. The Labute approximate surface area is 102 Å². The first-order valence-corrected chi connectivity index (χ1v) is 5.87. The monoisotopic (exact) mass is 243 g/mol. The number of aliphatic hydroxyl groups excluding tert-OH is 1. The van der Waals surface area contributed by atoms with Gasteiger partial charge in [-0.1, -0.05) is 13.8 Å². The third-order valence-corrected chi connectivity index (χ3v) is 2.49. The summed E-state index contributed by atoms with van der Waals surface area (Å²) in [5.41, 5.74) is -0.639. The zero-order valence-corrected chi connectivity index (χ0v) is 11.1. The summed E-state index contributed by atoms with van der Waals surface area (Å²) in [7, 11) is 0. The zero-order valence-electron chi connectivity index (χ0n) is 11.1. The van der Waals surface area contributed by atoms with Crippen molar-refractivity contribution < 1.29 is 19.4 Å². The highest BCUT2D eigenvalue weighted by Gasteiger charge is 2.51. The van der Waals surface area contributed by atoms with Crippen molar-refractivity contribution in [3.63, 3.8) is 0 Å². The fraction of sp³-hybridized carbons (Fsp3) is 0.833. The topological polar surface area (TPSA) is 66.8 Å². The van der Waals surface area contributed by atoms with Gasteiger partial charge in [-0.05, 0) is 33.1 Å². The molecule has 1 aliphatic heterocycles. The lowest BCUT2D eigenvalue weighted by Gasteiger charge is -2.43. The lowest BCUT2D eigenvalue weighted by molar-refractivity contribution is -0.164. The van der Waals surface area contributed by atoms with Gasteiger partial charge in [0.25, 0.3) is 5.91 Å². The summed E-state index contributed by atoms with van der Waals surface area (Å²) in [4.78, 5) is 24.2. The molecular formula is C12H21NO4. The van der Waals surface area contributed by atoms with Crippen molar-refractivity contribution in [3.05, 3.63) is 0 Å². The van der Waals surface area contributed by atoms with Gasteiger partial charge in [-0.3, -0.25) is 4.79 Å². The van der Waals surface area contributed by atoms with Crippen LogP contribution in [-0.4, -0.2) is 39.8 Å². The van der Waals surface area contributed by atoms with Crippen LogP contribution in [-0.2, 0) is 9.53 Å². The zero-order chi connectivity index (χ0) is 13.4. The number of carbonyl (C=O) groups is 2. The van der Waals surface area contributed by atoms with Crippen LogP contribution in [0.5, 0.6) is 0 Å². The van der Waals surface area contributed by atoms with Crippen molar-refractivity contribution in [2.24, 2.45) is 5.92 Å². The summed E-state index contributed by atoms with van der Waals surface area (Å²) < 4.78 is 5.13. The van der Waals surface area contributed by atoms with E-state index in [9.17, 15) is 14.7 Å². The number of rotatable bonds is 2. The van der Waals surface area contributed by atoms with E-state index in [0.29, 0.717) is 12.3 Å². The van der Waals surface area contributed by atoms with Crippen molar-refractivity contribution in [1.82, 2.24) is 4.90 Å². The van der Waals surface area contributed by atoms with Crippen LogP contribution in [0.25, 0.3) is 0 Å². The van der Waals surface area contributed by atoms with Crippen LogP contribution in [0.2, 0.25) is 0 Å². The average molecular weight is 243 g/mol. The molecule has 1 saturated heterocycles. The van der Waals surface area contributed by atoms with Crippen LogP contribution in [0.4, 0.5) is 4.79 Å². The van der Waals surface area contributed by atoms with Gasteiger partial charge in [0.15, 0.2) is 6.10 Å². The van der Waals surface area contributed by atoms with Gasteiger partial charge in [0.2, 0.25) is 0 Å². The molecule has 1 aliphatic rings. The highest BCUT2D eigenvalue weighted by atomic mass is 16.6. The molecular weight excluding hydrogens is 222 g/mol. The van der Waals surface area contributed by atoms with E-state index >= 15 is 0 Å². The maximum Gasteiger partial charge on any atom is 0.417 e. The number of hydrogen-bond acceptors (Lipinski definition) is 4. The minimum atomic E-state index is -1.06. The number of nitrogens with zero attached hydrogens (tertiary/aromatic N) is 1. The summed E-state index contributed by atoms with van der Waals surface area (Å²) in [5, 5.41) is 9.54. The van der Waals surface area contributed by atoms with Gasteiger partial charge in [-0.2, -0.15) is 0 Å². The number of β-lactam (4-membered cyclic amide) rings is 1. The van der Waals surface area contributed by atoms with Crippen LogP contribution in [0.3, 0.4) is 0 Å². The molecule has 2 amide bonds. The second kappa shape index (κ2) is 4.64. The lowest BCUT2D eigenvalue weighted by Crippen LogP contribution is -2.67. The lowest BCUT2D eigenvalue weighted by atomic mass is 9.90. The first-order chi connectivity index (χ1) is 7.63. The Hall–Kier alpha value is -1.10. The van der Waals surface area contributed by atoms with Gasteiger partial charge in [0.1, 0.15) is 5.60 Å². The van der Waals surface area contributed by atoms with Gasteiger partial charge in [-0.15, -0.1) is 0 Å². The Balaban J connectivity index is 2.68. The third kappa shape index (κ3) is 3.19. The molecule has 0 spiro atoms. The van der Waals surface area contributed by atoms with Gasteiger partial charge in [0, 0.05) is 0 Å². The Bertz CT molecular complexity index is 319. The van der Waals surface area contributed by atoms with Gasteiger partial charge in [0.05, 0.1) is 6.04 Å². The summed E-state index contributed by atoms with van der Waals surface area (Å²) in [6.07, 6.45) is -1.14. The summed E-state index contributed by atoms with van der Waals surface area (Å²) in [6, 6.07) is -0.447. The normalized spacial score (nSPS) is 24.9. The highest BCUT2D eigenvalue weighted by molar-refractivity contribution is 6.00. The number of carbonyl (C=O) groups excluding carboxylic acids is 2. The molecule has 0 aromatic rings. The molecule has 1 fully saturated rings. The summed E-state index contributed by atoms with van der Waals surface area (Å²) in [5.74, 6) is -0.266. The van der Waals surface area contributed by atoms with Crippen molar-refractivity contribution in [2.75, 3.05) is 0 Å². The van der Waals surface area contributed by atoms with E-state index in [-0.39, 0.29) is 0 Å². The Morgan fingerprint density at radius 2 is 2.00 bits per heavy atom. The largest absolute Gasteiger partial charge is 0.443 e. The van der Waals surface area contributed by atoms with E-state index in [1.54, 1.807) is 20.8 Å². The van der Waals surface area contributed by atoms with Crippen LogP contribution < -0.4 is 0 Å². The first kappa shape index (κ1) is 14.0. The Kier molecular flexibility index (Phi) is 3.81. The standard InChI is InChI=1S/C12H21NO4/c1-7(2)6-8-9(14)10(15)13(8)11(16)17-12(3,4)5/h7-9,14H,6H2,1-5H3. The molecule has 0 saturated carbocycles. The number of amides is 2. The van der Waals surface area contributed by atoms with Crippen LogP contribution in [0.15, 0.2) is 0 Å². The highest BCUT2D eigenvalue weighted by Crippen LogP contribution is 2.28. The number of ether oxygens (including phenoxy) is 1. The fourth-order valence-corrected chi connectivity index (χ4v) is 1.78. The molecule has 98 valence electrons. The van der Waals surface area contributed by atoms with Crippen molar-refractivity contribution in [2.45, 2.75) is 58.8 Å². The molecule has 17 heavy (non-hydrogen) atoms. The molecule has 0 radical (unpaired) electrons. The minimum absolute atomic E-state index is 0.299. The fourth-order valence-electron chi connectivity index (χ4n) is 1.78. The van der Waals surface area contributed by atoms with Gasteiger partial charge in [-0.25, -0.2) is 9.69 Å². The average Bonchev–Trinajstić information content (AvgIpc) is 2.12. The molecule has 1 N–H and O–H groups in total. The van der Waals surface area contributed by atoms with E-state index in [4.69, 9.17) is 4.74 Å². The number of aliphatic hydroxyl groups is 1. The molecule has 1 rings (SSSR count).